The SMILES string of the molecule is O=C1CC2CCC(N2)C1CC1CCCN1. The molecule has 4 atom stereocenters. The zero-order valence-electron chi connectivity index (χ0n) is 9.17. The Bertz CT molecular complexity index is 260. The molecule has 0 spiro atoms. The number of carbonyl (C=O) groups excluding carboxylic acids is 1. The molecule has 0 radical (unpaired) electrons. The van der Waals surface area contributed by atoms with Crippen LogP contribution < -0.4 is 10.6 Å². The van der Waals surface area contributed by atoms with Gasteiger partial charge in [-0.15, -0.1) is 0 Å². The first-order chi connectivity index (χ1) is 7.33. The van der Waals surface area contributed by atoms with Crippen molar-refractivity contribution < 1.29 is 4.79 Å². The second-order valence-corrected chi connectivity index (χ2v) is 5.35. The number of ketones is 1. The fourth-order valence-corrected chi connectivity index (χ4v) is 3.51. The predicted octanol–water partition coefficient (Wildman–Crippen LogP) is 0.838. The van der Waals surface area contributed by atoms with Crippen molar-refractivity contribution >= 4 is 5.78 Å². The molecular formula is C12H20N2O. The molecule has 3 fully saturated rings. The molecule has 3 heteroatoms. The van der Waals surface area contributed by atoms with Gasteiger partial charge in [0.2, 0.25) is 0 Å². The quantitative estimate of drug-likeness (QED) is 0.706. The largest absolute Gasteiger partial charge is 0.314 e. The van der Waals surface area contributed by atoms with Crippen molar-refractivity contribution in [3.63, 3.8) is 0 Å². The van der Waals surface area contributed by atoms with Crippen LogP contribution in [0.3, 0.4) is 0 Å². The summed E-state index contributed by atoms with van der Waals surface area (Å²) in [6.07, 6.45) is 6.84. The second-order valence-electron chi connectivity index (χ2n) is 5.35. The van der Waals surface area contributed by atoms with Crippen molar-refractivity contribution in [2.24, 2.45) is 5.92 Å². The van der Waals surface area contributed by atoms with Crippen LogP contribution in [0.25, 0.3) is 0 Å². The van der Waals surface area contributed by atoms with Crippen molar-refractivity contribution in [3.05, 3.63) is 0 Å². The third kappa shape index (κ3) is 1.83. The number of fused-ring (bicyclic) bond motifs is 2. The molecular weight excluding hydrogens is 188 g/mol. The Hall–Kier alpha value is -0.410. The molecule has 3 aliphatic rings. The van der Waals surface area contributed by atoms with Gasteiger partial charge < -0.3 is 10.6 Å². The minimum absolute atomic E-state index is 0.305. The average molecular weight is 208 g/mol. The van der Waals surface area contributed by atoms with Gasteiger partial charge in [0.05, 0.1) is 0 Å². The summed E-state index contributed by atoms with van der Waals surface area (Å²) in [6.45, 7) is 1.15. The van der Waals surface area contributed by atoms with Crippen LogP contribution in [-0.2, 0) is 4.79 Å². The standard InChI is InChI=1S/C12H20N2O/c15-12-7-9-3-4-11(14-9)10(12)6-8-2-1-5-13-8/h8-11,13-14H,1-7H2. The number of hydrogen-bond donors (Lipinski definition) is 2. The summed E-state index contributed by atoms with van der Waals surface area (Å²) >= 11 is 0. The van der Waals surface area contributed by atoms with Crippen molar-refractivity contribution in [2.75, 3.05) is 6.54 Å². The van der Waals surface area contributed by atoms with E-state index in [2.05, 4.69) is 10.6 Å². The Morgan fingerprint density at radius 1 is 1.27 bits per heavy atom. The summed E-state index contributed by atoms with van der Waals surface area (Å²) in [5, 5.41) is 7.10. The van der Waals surface area contributed by atoms with E-state index in [1.807, 2.05) is 0 Å². The van der Waals surface area contributed by atoms with Crippen LogP contribution in [0.4, 0.5) is 0 Å². The highest BCUT2D eigenvalue weighted by molar-refractivity contribution is 5.83. The highest BCUT2D eigenvalue weighted by atomic mass is 16.1. The van der Waals surface area contributed by atoms with Gasteiger partial charge in [-0.25, -0.2) is 0 Å². The number of rotatable bonds is 2. The molecule has 3 rings (SSSR count). The molecule has 0 aromatic heterocycles. The normalized spacial score (nSPS) is 44.9. The molecule has 2 bridgehead atoms. The predicted molar refractivity (Wildman–Crippen MR) is 58.7 cm³/mol. The molecule has 84 valence electrons. The fraction of sp³-hybridized carbons (Fsp3) is 0.917. The first-order valence-corrected chi connectivity index (χ1v) is 6.35. The van der Waals surface area contributed by atoms with Crippen LogP contribution in [0.2, 0.25) is 0 Å². The summed E-state index contributed by atoms with van der Waals surface area (Å²) in [5.41, 5.74) is 0. The van der Waals surface area contributed by atoms with Crippen molar-refractivity contribution in [1.29, 1.82) is 0 Å². The fourth-order valence-electron chi connectivity index (χ4n) is 3.51. The molecule has 3 heterocycles. The van der Waals surface area contributed by atoms with E-state index >= 15 is 0 Å². The van der Waals surface area contributed by atoms with Gasteiger partial charge in [-0.3, -0.25) is 4.79 Å². The zero-order chi connectivity index (χ0) is 10.3. The van der Waals surface area contributed by atoms with Gasteiger partial charge in [0.1, 0.15) is 5.78 Å². The lowest BCUT2D eigenvalue weighted by atomic mass is 9.85. The lowest BCUT2D eigenvalue weighted by Gasteiger charge is -2.30. The van der Waals surface area contributed by atoms with Gasteiger partial charge >= 0.3 is 0 Å². The number of Topliss-reactive ketones (excluding diaryl/α,β-unsaturated/α-hetero) is 1. The highest BCUT2D eigenvalue weighted by Crippen LogP contribution is 2.32. The first-order valence-electron chi connectivity index (χ1n) is 6.35. The minimum Gasteiger partial charge on any atom is -0.314 e. The molecule has 4 unspecified atom stereocenters. The van der Waals surface area contributed by atoms with E-state index in [1.54, 1.807) is 0 Å². The van der Waals surface area contributed by atoms with Gasteiger partial charge in [-0.2, -0.15) is 0 Å². The number of hydrogen-bond acceptors (Lipinski definition) is 3. The Labute approximate surface area is 91.0 Å². The van der Waals surface area contributed by atoms with Crippen molar-refractivity contribution in [1.82, 2.24) is 10.6 Å². The average Bonchev–Trinajstić information content (AvgIpc) is 2.82. The third-order valence-electron chi connectivity index (χ3n) is 4.32. The maximum absolute atomic E-state index is 12.0. The van der Waals surface area contributed by atoms with E-state index in [-0.39, 0.29) is 0 Å². The summed E-state index contributed by atoms with van der Waals surface area (Å²) in [7, 11) is 0. The summed E-state index contributed by atoms with van der Waals surface area (Å²) in [6, 6.07) is 1.62. The lowest BCUT2D eigenvalue weighted by Crippen LogP contribution is -2.47. The van der Waals surface area contributed by atoms with Crippen molar-refractivity contribution in [3.8, 4) is 0 Å². The molecule has 0 amide bonds. The monoisotopic (exact) mass is 208 g/mol. The van der Waals surface area contributed by atoms with Crippen LogP contribution in [-0.4, -0.2) is 30.5 Å². The Kier molecular flexibility index (Phi) is 2.53. The van der Waals surface area contributed by atoms with E-state index in [0.717, 1.165) is 19.4 Å². The second kappa shape index (κ2) is 3.87. The van der Waals surface area contributed by atoms with E-state index in [0.29, 0.717) is 29.8 Å². The molecule has 0 aromatic rings. The first kappa shape index (κ1) is 9.79. The molecule has 0 aliphatic carbocycles. The van der Waals surface area contributed by atoms with Crippen LogP contribution in [0, 0.1) is 5.92 Å². The Morgan fingerprint density at radius 3 is 3.00 bits per heavy atom. The molecule has 0 saturated carbocycles. The molecule has 15 heavy (non-hydrogen) atoms. The third-order valence-corrected chi connectivity index (χ3v) is 4.32. The summed E-state index contributed by atoms with van der Waals surface area (Å²) in [5.74, 6) is 0.828. The highest BCUT2D eigenvalue weighted by Gasteiger charge is 2.41. The van der Waals surface area contributed by atoms with Crippen LogP contribution in [0.5, 0.6) is 0 Å². The smallest absolute Gasteiger partial charge is 0.139 e. The Morgan fingerprint density at radius 2 is 2.20 bits per heavy atom. The summed E-state index contributed by atoms with van der Waals surface area (Å²) < 4.78 is 0. The van der Waals surface area contributed by atoms with Gasteiger partial charge in [0.25, 0.3) is 0 Å². The number of piperidine rings is 1. The van der Waals surface area contributed by atoms with Crippen LogP contribution >= 0.6 is 0 Å². The van der Waals surface area contributed by atoms with E-state index in [4.69, 9.17) is 0 Å². The van der Waals surface area contributed by atoms with Crippen LogP contribution in [0.1, 0.15) is 38.5 Å². The van der Waals surface area contributed by atoms with Crippen molar-refractivity contribution in [2.45, 2.75) is 56.7 Å². The molecule has 2 N–H and O–H groups in total. The van der Waals surface area contributed by atoms with E-state index < -0.39 is 0 Å². The zero-order valence-corrected chi connectivity index (χ0v) is 9.17. The van der Waals surface area contributed by atoms with E-state index in [9.17, 15) is 4.79 Å². The lowest BCUT2D eigenvalue weighted by molar-refractivity contribution is -0.125. The molecule has 3 saturated heterocycles. The number of carbonyl (C=O) groups is 1. The van der Waals surface area contributed by atoms with Gasteiger partial charge in [-0.05, 0) is 38.6 Å². The topological polar surface area (TPSA) is 41.1 Å². The minimum atomic E-state index is 0.305. The van der Waals surface area contributed by atoms with Gasteiger partial charge in [0.15, 0.2) is 0 Å². The molecule has 3 nitrogen and oxygen atoms in total. The molecule has 3 aliphatic heterocycles. The van der Waals surface area contributed by atoms with Crippen LogP contribution in [0.15, 0.2) is 0 Å². The number of nitrogens with one attached hydrogen (secondary N) is 2. The molecule has 0 aromatic carbocycles. The maximum atomic E-state index is 12.0. The van der Waals surface area contributed by atoms with Gasteiger partial charge in [0, 0.05) is 30.5 Å². The maximum Gasteiger partial charge on any atom is 0.139 e. The van der Waals surface area contributed by atoms with Gasteiger partial charge in [-0.1, -0.05) is 0 Å². The summed E-state index contributed by atoms with van der Waals surface area (Å²) in [4.78, 5) is 12.0. The Balaban J connectivity index is 1.65. The van der Waals surface area contributed by atoms with E-state index in [1.165, 1.54) is 25.7 Å².